The van der Waals surface area contributed by atoms with Gasteiger partial charge in [-0.3, -0.25) is 14.4 Å². The van der Waals surface area contributed by atoms with E-state index in [9.17, 15) is 24.6 Å². The second-order valence-corrected chi connectivity index (χ2v) is 9.94. The number of carbonyl (C=O) groups is 3. The number of aromatic hydroxyl groups is 1. The summed E-state index contributed by atoms with van der Waals surface area (Å²) in [6, 6.07) is 1.54. The van der Waals surface area contributed by atoms with Crippen molar-refractivity contribution in [2.45, 2.75) is 32.8 Å². The number of methoxy groups -OCH3 is 4. The average Bonchev–Trinajstić information content (AvgIpc) is 3.00. The molecule has 0 saturated carbocycles. The summed E-state index contributed by atoms with van der Waals surface area (Å²) in [6.45, 7) is 3.21. The first-order chi connectivity index (χ1) is 18.6. The minimum absolute atomic E-state index is 0.0322. The molecule has 0 aliphatic heterocycles. The third-order valence-corrected chi connectivity index (χ3v) is 8.07. The van der Waals surface area contributed by atoms with Crippen molar-refractivity contribution in [3.8, 4) is 17.2 Å². The van der Waals surface area contributed by atoms with E-state index in [4.69, 9.17) is 18.9 Å². The van der Waals surface area contributed by atoms with Gasteiger partial charge in [0.15, 0.2) is 35.0 Å². The van der Waals surface area contributed by atoms with Crippen LogP contribution >= 0.6 is 0 Å². The molecule has 39 heavy (non-hydrogen) atoms. The molecular weight excluding hydrogens is 504 g/mol. The van der Waals surface area contributed by atoms with E-state index in [0.29, 0.717) is 43.5 Å². The predicted molar refractivity (Wildman–Crippen MR) is 143 cm³/mol. The summed E-state index contributed by atoms with van der Waals surface area (Å²) in [4.78, 5) is 40.7. The lowest BCUT2D eigenvalue weighted by molar-refractivity contribution is 0.0700. The Kier molecular flexibility index (Phi) is 5.32. The molecule has 3 aliphatic carbocycles. The van der Waals surface area contributed by atoms with Crippen LogP contribution in [0.25, 0.3) is 38.5 Å². The molecule has 200 valence electrons. The zero-order chi connectivity index (χ0) is 28.1. The fourth-order valence-electron chi connectivity index (χ4n) is 6.61. The molecule has 0 amide bonds. The van der Waals surface area contributed by atoms with Gasteiger partial charge in [0.2, 0.25) is 0 Å². The molecule has 6 rings (SSSR count). The molecule has 3 aromatic rings. The number of hydrogen-bond donors (Lipinski definition) is 2. The van der Waals surface area contributed by atoms with Gasteiger partial charge >= 0.3 is 0 Å². The molecule has 2 N–H and O–H groups in total. The Morgan fingerprint density at radius 1 is 0.897 bits per heavy atom. The highest BCUT2D eigenvalue weighted by atomic mass is 16.5. The molecule has 1 atom stereocenters. The maximum atomic E-state index is 13.9. The van der Waals surface area contributed by atoms with Crippen molar-refractivity contribution in [2.24, 2.45) is 0 Å². The second kappa shape index (κ2) is 8.31. The van der Waals surface area contributed by atoms with Crippen molar-refractivity contribution in [2.75, 3.05) is 28.4 Å². The van der Waals surface area contributed by atoms with E-state index in [1.165, 1.54) is 35.4 Å². The number of benzene rings is 3. The fourth-order valence-corrected chi connectivity index (χ4v) is 6.61. The standard InChI is InChI=1S/C30H26O9/c1-10-7-13-20-19-12(26(33)28(35)29(13)38-5)8-15(36-3)22-16(37-4)9-14(32)21(24(19)22)25-23(20)17(10)18(11(2)31)30(39-6)27(25)34/h8,28,34-35H,7,9H2,1-6H3. The summed E-state index contributed by atoms with van der Waals surface area (Å²) in [5.74, 6) is -0.996. The van der Waals surface area contributed by atoms with Crippen LogP contribution in [0, 0.1) is 0 Å². The van der Waals surface area contributed by atoms with Crippen LogP contribution < -0.4 is 19.9 Å². The largest absolute Gasteiger partial charge is 0.504 e. The smallest absolute Gasteiger partial charge is 0.199 e. The Hall–Kier alpha value is -4.37. The molecule has 0 fully saturated rings. The highest BCUT2D eigenvalue weighted by Gasteiger charge is 2.41. The van der Waals surface area contributed by atoms with Gasteiger partial charge in [0.25, 0.3) is 0 Å². The van der Waals surface area contributed by atoms with Crippen molar-refractivity contribution in [3.63, 3.8) is 0 Å². The molecule has 0 radical (unpaired) electrons. The highest BCUT2D eigenvalue weighted by molar-refractivity contribution is 6.32. The monoisotopic (exact) mass is 530 g/mol. The fraction of sp³-hybridized carbons (Fsp3) is 0.300. The van der Waals surface area contributed by atoms with Gasteiger partial charge in [-0.1, -0.05) is 5.57 Å². The lowest BCUT2D eigenvalue weighted by Crippen LogP contribution is -2.28. The van der Waals surface area contributed by atoms with Crippen molar-refractivity contribution < 1.29 is 43.5 Å². The Labute approximate surface area is 222 Å². The van der Waals surface area contributed by atoms with Crippen LogP contribution in [0.1, 0.15) is 63.3 Å². The molecule has 0 saturated heterocycles. The number of Topliss-reactive ketones (excluding diaryl/α,β-unsaturated/α-hetero) is 3. The van der Waals surface area contributed by atoms with Gasteiger partial charge < -0.3 is 29.2 Å². The number of phenolic OH excluding ortho intramolecular Hbond substituents is 1. The van der Waals surface area contributed by atoms with E-state index in [-0.39, 0.29) is 69.5 Å². The summed E-state index contributed by atoms with van der Waals surface area (Å²) in [7, 11) is 5.63. The Bertz CT molecular complexity index is 1890. The number of fused-ring (bicyclic) bond motifs is 1. The minimum Gasteiger partial charge on any atom is -0.504 e. The molecule has 3 aromatic carbocycles. The molecular formula is C30H26O9. The van der Waals surface area contributed by atoms with Crippen molar-refractivity contribution in [1.82, 2.24) is 0 Å². The first kappa shape index (κ1) is 24.9. The molecule has 0 heterocycles. The third-order valence-electron chi connectivity index (χ3n) is 8.07. The van der Waals surface area contributed by atoms with Crippen LogP contribution in [0.4, 0.5) is 0 Å². The van der Waals surface area contributed by atoms with Crippen molar-refractivity contribution >= 4 is 55.8 Å². The number of hydrogen-bond acceptors (Lipinski definition) is 9. The lowest BCUT2D eigenvalue weighted by Gasteiger charge is -2.28. The Morgan fingerprint density at radius 2 is 1.59 bits per heavy atom. The van der Waals surface area contributed by atoms with Gasteiger partial charge in [-0.25, -0.2) is 0 Å². The van der Waals surface area contributed by atoms with E-state index in [2.05, 4.69) is 0 Å². The topological polar surface area (TPSA) is 129 Å². The van der Waals surface area contributed by atoms with Crippen LogP contribution in [-0.2, 0) is 9.47 Å². The van der Waals surface area contributed by atoms with E-state index in [1.54, 1.807) is 6.07 Å². The van der Waals surface area contributed by atoms with E-state index in [0.717, 1.165) is 5.57 Å². The van der Waals surface area contributed by atoms with Crippen LogP contribution in [0.5, 0.6) is 17.2 Å². The zero-order valence-electron chi connectivity index (χ0n) is 22.3. The normalized spacial score (nSPS) is 17.8. The maximum absolute atomic E-state index is 13.9. The average molecular weight is 531 g/mol. The molecule has 0 bridgehead atoms. The third kappa shape index (κ3) is 2.90. The number of rotatable bonds is 5. The molecule has 3 aliphatic rings. The number of allylic oxidation sites excluding steroid dienone is 1. The van der Waals surface area contributed by atoms with Crippen molar-refractivity contribution in [1.29, 1.82) is 0 Å². The highest BCUT2D eigenvalue weighted by Crippen LogP contribution is 2.51. The van der Waals surface area contributed by atoms with Gasteiger partial charge in [0.05, 0.1) is 45.6 Å². The molecule has 1 unspecified atom stereocenters. The Balaban J connectivity index is 2.13. The number of aliphatic hydroxyl groups excluding tert-OH is 1. The molecule has 9 nitrogen and oxygen atoms in total. The first-order valence-electron chi connectivity index (χ1n) is 12.4. The SMILES string of the molecule is COC1=C2CC(C)=c3c(C(C)=O)c(OC)c(O)c4c5c6c(c(OC)cc(c6c2c34)C(=O)C1O)=C(OC)CC5=O. The predicted octanol–water partition coefficient (Wildman–Crippen LogP) is 2.75. The first-order valence-corrected chi connectivity index (χ1v) is 12.4. The maximum Gasteiger partial charge on any atom is 0.199 e. The number of aliphatic hydroxyl groups is 1. The van der Waals surface area contributed by atoms with Crippen LogP contribution in [0.3, 0.4) is 0 Å². The van der Waals surface area contributed by atoms with Crippen molar-refractivity contribution in [3.05, 3.63) is 44.5 Å². The van der Waals surface area contributed by atoms with E-state index >= 15 is 0 Å². The lowest BCUT2D eigenvalue weighted by atomic mass is 9.76. The quantitative estimate of drug-likeness (QED) is 0.378. The summed E-state index contributed by atoms with van der Waals surface area (Å²) in [5, 5.41) is 25.3. The number of carbonyl (C=O) groups excluding carboxylic acids is 3. The van der Waals surface area contributed by atoms with Crippen LogP contribution in [0.15, 0.2) is 11.8 Å². The molecule has 0 spiro atoms. The number of ketones is 3. The van der Waals surface area contributed by atoms with Gasteiger partial charge in [-0.15, -0.1) is 0 Å². The van der Waals surface area contributed by atoms with Gasteiger partial charge in [0.1, 0.15) is 17.3 Å². The Morgan fingerprint density at radius 3 is 2.18 bits per heavy atom. The van der Waals surface area contributed by atoms with E-state index < -0.39 is 11.9 Å². The molecule has 9 heteroatoms. The number of ether oxygens (including phenoxy) is 4. The van der Waals surface area contributed by atoms with Crippen LogP contribution in [0.2, 0.25) is 0 Å². The minimum atomic E-state index is -1.62. The second-order valence-electron chi connectivity index (χ2n) is 9.94. The molecule has 0 aromatic heterocycles. The van der Waals surface area contributed by atoms with Gasteiger partial charge in [-0.05, 0) is 37.1 Å². The summed E-state index contributed by atoms with van der Waals surface area (Å²) < 4.78 is 22.5. The van der Waals surface area contributed by atoms with E-state index in [1.807, 2.05) is 6.92 Å². The summed E-state index contributed by atoms with van der Waals surface area (Å²) in [5.41, 5.74) is 2.26. The zero-order valence-corrected chi connectivity index (χ0v) is 22.3. The summed E-state index contributed by atoms with van der Waals surface area (Å²) in [6.07, 6.45) is -1.49. The number of phenols is 1. The van der Waals surface area contributed by atoms with Gasteiger partial charge in [-0.2, -0.15) is 0 Å². The van der Waals surface area contributed by atoms with Gasteiger partial charge in [0, 0.05) is 38.2 Å². The van der Waals surface area contributed by atoms with Crippen LogP contribution in [-0.4, -0.2) is 62.1 Å². The summed E-state index contributed by atoms with van der Waals surface area (Å²) >= 11 is 0.